The number of hydrogen-bond acceptors (Lipinski definition) is 4. The molecule has 0 aliphatic carbocycles. The van der Waals surface area contributed by atoms with Crippen LogP contribution in [0.5, 0.6) is 0 Å². The van der Waals surface area contributed by atoms with Crippen LogP contribution in [0.15, 0.2) is 23.2 Å². The van der Waals surface area contributed by atoms with Crippen LogP contribution < -0.4 is 0 Å². The second-order valence-electron chi connectivity index (χ2n) is 5.46. The molecular weight excluding hydrogens is 337 g/mol. The van der Waals surface area contributed by atoms with E-state index in [0.717, 1.165) is 0 Å². The highest BCUT2D eigenvalue weighted by atomic mass is 35.7. The van der Waals surface area contributed by atoms with Crippen molar-refractivity contribution >= 4 is 48.2 Å². The van der Waals surface area contributed by atoms with E-state index in [4.69, 9.17) is 27.0 Å². The van der Waals surface area contributed by atoms with Crippen molar-refractivity contribution in [3.8, 4) is 0 Å². The fourth-order valence-electron chi connectivity index (χ4n) is 1.82. The van der Waals surface area contributed by atoms with Crippen LogP contribution in [0.2, 0.25) is 5.02 Å². The lowest BCUT2D eigenvalue weighted by molar-refractivity contribution is 0.00720. The number of fused-ring (bicyclic) bond motifs is 1. The maximum Gasteiger partial charge on any atom is 0.340 e. The van der Waals surface area contributed by atoms with E-state index in [2.05, 4.69) is 4.98 Å². The monoisotopic (exact) mass is 349 g/mol. The summed E-state index contributed by atoms with van der Waals surface area (Å²) in [6.07, 6.45) is 0. The molecule has 8 heteroatoms. The molecule has 0 bridgehead atoms. The maximum absolute atomic E-state index is 12.3. The lowest BCUT2D eigenvalue weighted by Gasteiger charge is -2.20. The number of benzene rings is 1. The molecule has 0 amide bonds. The molecule has 0 aliphatic rings. The normalized spacial score (nSPS) is 12.6. The Labute approximate surface area is 131 Å². The molecule has 0 fully saturated rings. The van der Waals surface area contributed by atoms with Crippen LogP contribution in [-0.4, -0.2) is 25.0 Å². The summed E-state index contributed by atoms with van der Waals surface area (Å²) in [7, 11) is 1.37. The van der Waals surface area contributed by atoms with Gasteiger partial charge in [-0.25, -0.2) is 13.2 Å². The summed E-state index contributed by atoms with van der Waals surface area (Å²) < 4.78 is 28.1. The summed E-state index contributed by atoms with van der Waals surface area (Å²) in [5, 5.41) is 0.316. The van der Waals surface area contributed by atoms with Crippen molar-refractivity contribution in [2.24, 2.45) is 0 Å². The van der Waals surface area contributed by atoms with Gasteiger partial charge in [0.2, 0.25) is 0 Å². The van der Waals surface area contributed by atoms with Crippen LogP contribution in [0.25, 0.3) is 10.9 Å². The van der Waals surface area contributed by atoms with Gasteiger partial charge in [0.15, 0.2) is 0 Å². The predicted octanol–water partition coefficient (Wildman–Crippen LogP) is 3.70. The number of carbonyl (C=O) groups is 1. The van der Waals surface area contributed by atoms with Gasteiger partial charge in [-0.1, -0.05) is 11.6 Å². The summed E-state index contributed by atoms with van der Waals surface area (Å²) in [5.41, 5.74) is -0.160. The largest absolute Gasteiger partial charge is 0.456 e. The molecule has 114 valence electrons. The number of esters is 1. The molecule has 0 atom stereocenters. The molecule has 0 saturated heterocycles. The minimum atomic E-state index is -3.93. The molecule has 1 aromatic carbocycles. The number of ether oxygens (including phenoxy) is 1. The molecule has 0 saturated carbocycles. The number of aromatic nitrogens is 1. The summed E-state index contributed by atoms with van der Waals surface area (Å²) in [5.74, 6) is -0.629. The quantitative estimate of drug-likeness (QED) is 0.662. The summed E-state index contributed by atoms with van der Waals surface area (Å²) in [6.45, 7) is 5.18. The Kier molecular flexibility index (Phi) is 3.99. The van der Waals surface area contributed by atoms with Crippen LogP contribution in [0.1, 0.15) is 31.1 Å². The molecular formula is C13H13Cl2NO4S. The molecule has 1 heterocycles. The molecule has 1 aromatic heterocycles. The fraction of sp³-hybridized carbons (Fsp3) is 0.308. The Morgan fingerprint density at radius 1 is 1.29 bits per heavy atom. The minimum absolute atomic E-state index is 0.104. The van der Waals surface area contributed by atoms with E-state index in [1.807, 2.05) is 0 Å². The zero-order chi connectivity index (χ0) is 16.0. The zero-order valence-electron chi connectivity index (χ0n) is 11.5. The molecule has 1 N–H and O–H groups in total. The molecule has 0 aliphatic heterocycles. The van der Waals surface area contributed by atoms with Crippen molar-refractivity contribution in [3.63, 3.8) is 0 Å². The van der Waals surface area contributed by atoms with Gasteiger partial charge in [0.25, 0.3) is 9.05 Å². The van der Waals surface area contributed by atoms with Crippen LogP contribution in [0.3, 0.4) is 0 Å². The van der Waals surface area contributed by atoms with Crippen LogP contribution in [0.4, 0.5) is 0 Å². The van der Waals surface area contributed by atoms with E-state index < -0.39 is 20.6 Å². The smallest absolute Gasteiger partial charge is 0.340 e. The van der Waals surface area contributed by atoms with Crippen molar-refractivity contribution in [1.82, 2.24) is 4.98 Å². The molecule has 2 aromatic rings. The number of nitrogens with one attached hydrogen (secondary N) is 1. The highest BCUT2D eigenvalue weighted by Gasteiger charge is 2.24. The van der Waals surface area contributed by atoms with Crippen molar-refractivity contribution in [2.75, 3.05) is 0 Å². The van der Waals surface area contributed by atoms with Gasteiger partial charge >= 0.3 is 5.97 Å². The second kappa shape index (κ2) is 5.19. The highest BCUT2D eigenvalue weighted by molar-refractivity contribution is 8.13. The third-order valence-corrected chi connectivity index (χ3v) is 4.15. The van der Waals surface area contributed by atoms with E-state index in [1.165, 1.54) is 12.1 Å². The first kappa shape index (κ1) is 16.1. The lowest BCUT2D eigenvalue weighted by Crippen LogP contribution is -2.24. The van der Waals surface area contributed by atoms with E-state index in [0.29, 0.717) is 10.9 Å². The zero-order valence-corrected chi connectivity index (χ0v) is 13.9. The Morgan fingerprint density at radius 3 is 2.43 bits per heavy atom. The molecule has 5 nitrogen and oxygen atoms in total. The predicted molar refractivity (Wildman–Crippen MR) is 81.5 cm³/mol. The molecule has 21 heavy (non-hydrogen) atoms. The molecule has 0 spiro atoms. The number of halogens is 2. The highest BCUT2D eigenvalue weighted by Crippen LogP contribution is 2.30. The van der Waals surface area contributed by atoms with Gasteiger partial charge in [0, 0.05) is 21.6 Å². The Hall–Kier alpha value is -1.24. The van der Waals surface area contributed by atoms with Crippen molar-refractivity contribution in [3.05, 3.63) is 28.8 Å². The first-order chi connectivity index (χ1) is 9.49. The first-order valence-electron chi connectivity index (χ1n) is 5.98. The number of aromatic amines is 1. The number of hydrogen-bond donors (Lipinski definition) is 1. The standard InChI is InChI=1S/C13H13Cl2NO4S/c1-13(2,3)20-12(17)11-7-6-10(21(15,18)19)16-9(7)5-4-8(11)14/h4-6,16H,1-3H3. The minimum Gasteiger partial charge on any atom is -0.456 e. The summed E-state index contributed by atoms with van der Waals surface area (Å²) >= 11 is 6.05. The topological polar surface area (TPSA) is 76.2 Å². The third-order valence-electron chi connectivity index (χ3n) is 2.59. The van der Waals surface area contributed by atoms with Crippen LogP contribution in [-0.2, 0) is 13.8 Å². The van der Waals surface area contributed by atoms with Crippen molar-refractivity contribution < 1.29 is 17.9 Å². The number of H-pyrrole nitrogens is 1. The average molecular weight is 350 g/mol. The second-order valence-corrected chi connectivity index (χ2v) is 8.40. The SMILES string of the molecule is CC(C)(C)OC(=O)c1c(Cl)ccc2[nH]c(S(=O)(=O)Cl)cc12. The van der Waals surface area contributed by atoms with E-state index >= 15 is 0 Å². The van der Waals surface area contributed by atoms with Crippen LogP contribution >= 0.6 is 22.3 Å². The molecule has 0 radical (unpaired) electrons. The fourth-order valence-corrected chi connectivity index (χ4v) is 2.80. The van der Waals surface area contributed by atoms with Crippen molar-refractivity contribution in [1.29, 1.82) is 0 Å². The van der Waals surface area contributed by atoms with Gasteiger partial charge in [-0.2, -0.15) is 0 Å². The lowest BCUT2D eigenvalue weighted by atomic mass is 10.1. The van der Waals surface area contributed by atoms with Crippen molar-refractivity contribution in [2.45, 2.75) is 31.4 Å². The molecule has 2 rings (SSSR count). The average Bonchev–Trinajstić information content (AvgIpc) is 2.69. The summed E-state index contributed by atoms with van der Waals surface area (Å²) in [6, 6.07) is 4.32. The van der Waals surface area contributed by atoms with E-state index in [-0.39, 0.29) is 15.6 Å². The molecule has 0 unspecified atom stereocenters. The first-order valence-corrected chi connectivity index (χ1v) is 8.67. The Bertz CT molecular complexity index is 819. The van der Waals surface area contributed by atoms with Gasteiger partial charge in [0.1, 0.15) is 10.6 Å². The van der Waals surface area contributed by atoms with E-state index in [1.54, 1.807) is 26.8 Å². The van der Waals surface area contributed by atoms with Gasteiger partial charge in [-0.05, 0) is 39.0 Å². The van der Waals surface area contributed by atoms with Gasteiger partial charge in [-0.3, -0.25) is 0 Å². The number of carbonyl (C=O) groups excluding carboxylic acids is 1. The van der Waals surface area contributed by atoms with Gasteiger partial charge in [0.05, 0.1) is 10.6 Å². The van der Waals surface area contributed by atoms with Gasteiger partial charge in [-0.15, -0.1) is 0 Å². The maximum atomic E-state index is 12.3. The Morgan fingerprint density at radius 2 is 1.90 bits per heavy atom. The summed E-state index contributed by atoms with van der Waals surface area (Å²) in [4.78, 5) is 14.9. The van der Waals surface area contributed by atoms with Crippen LogP contribution in [0, 0.1) is 0 Å². The third kappa shape index (κ3) is 3.51. The van der Waals surface area contributed by atoms with Gasteiger partial charge < -0.3 is 9.72 Å². The number of rotatable bonds is 2. The van der Waals surface area contributed by atoms with E-state index in [9.17, 15) is 13.2 Å². The Balaban J connectivity index is 2.65.